The van der Waals surface area contributed by atoms with Crippen LogP contribution < -0.4 is 5.32 Å². The Morgan fingerprint density at radius 3 is 2.54 bits per heavy atom. The first-order valence-corrected chi connectivity index (χ1v) is 7.83. The maximum Gasteiger partial charge on any atom is 0.407 e. The summed E-state index contributed by atoms with van der Waals surface area (Å²) < 4.78 is 0. The van der Waals surface area contributed by atoms with Gasteiger partial charge in [0.2, 0.25) is 0 Å². The lowest BCUT2D eigenvalue weighted by Crippen LogP contribution is -2.45. The van der Waals surface area contributed by atoms with E-state index in [0.717, 1.165) is 0 Å². The minimum Gasteiger partial charge on any atom is -0.465 e. The van der Waals surface area contributed by atoms with Crippen LogP contribution in [-0.2, 0) is 0 Å². The number of rotatable bonds is 4. The molecule has 1 saturated heterocycles. The van der Waals surface area contributed by atoms with Gasteiger partial charge < -0.3 is 15.3 Å². The van der Waals surface area contributed by atoms with Gasteiger partial charge in [-0.1, -0.05) is 6.07 Å². The van der Waals surface area contributed by atoms with E-state index < -0.39 is 11.0 Å². The SMILES string of the molecule is Cc1ccc([N+](=O)[O-])cc1C(=O)NC(C)C1CCN(C(=O)O)CC1. The molecule has 2 N–H and O–H groups in total. The molecule has 2 rings (SSSR count). The molecule has 1 aliphatic heterocycles. The van der Waals surface area contributed by atoms with Crippen LogP contribution in [0.15, 0.2) is 18.2 Å². The number of nitrogens with zero attached hydrogens (tertiary/aromatic N) is 2. The van der Waals surface area contributed by atoms with Crippen LogP contribution in [0.4, 0.5) is 10.5 Å². The zero-order valence-electron chi connectivity index (χ0n) is 13.7. The van der Waals surface area contributed by atoms with Gasteiger partial charge in [0.25, 0.3) is 11.6 Å². The molecule has 1 aromatic rings. The van der Waals surface area contributed by atoms with E-state index in [2.05, 4.69) is 5.32 Å². The summed E-state index contributed by atoms with van der Waals surface area (Å²) in [6, 6.07) is 4.08. The van der Waals surface area contributed by atoms with Gasteiger partial charge in [0.15, 0.2) is 0 Å². The Balaban J connectivity index is 2.01. The Hall–Kier alpha value is -2.64. The molecule has 0 spiro atoms. The Morgan fingerprint density at radius 1 is 1.38 bits per heavy atom. The molecule has 0 radical (unpaired) electrons. The highest BCUT2D eigenvalue weighted by Gasteiger charge is 2.27. The number of hydrogen-bond acceptors (Lipinski definition) is 4. The molecule has 1 fully saturated rings. The van der Waals surface area contributed by atoms with Crippen molar-refractivity contribution in [3.63, 3.8) is 0 Å². The second-order valence-corrected chi connectivity index (χ2v) is 6.13. The molecule has 1 heterocycles. The van der Waals surface area contributed by atoms with Crippen molar-refractivity contribution < 1.29 is 19.6 Å². The summed E-state index contributed by atoms with van der Waals surface area (Å²) >= 11 is 0. The molecule has 0 saturated carbocycles. The van der Waals surface area contributed by atoms with Crippen LogP contribution >= 0.6 is 0 Å². The minimum absolute atomic E-state index is 0.117. The van der Waals surface area contributed by atoms with E-state index >= 15 is 0 Å². The summed E-state index contributed by atoms with van der Waals surface area (Å²) in [5.41, 5.74) is 0.846. The number of amides is 2. The van der Waals surface area contributed by atoms with Gasteiger partial charge in [-0.2, -0.15) is 0 Å². The van der Waals surface area contributed by atoms with E-state index in [-0.39, 0.29) is 23.6 Å². The second-order valence-electron chi connectivity index (χ2n) is 6.13. The third kappa shape index (κ3) is 4.01. The third-order valence-electron chi connectivity index (χ3n) is 4.55. The highest BCUT2D eigenvalue weighted by molar-refractivity contribution is 5.96. The number of non-ortho nitro benzene ring substituents is 1. The molecule has 1 aliphatic rings. The predicted molar refractivity (Wildman–Crippen MR) is 87.1 cm³/mol. The lowest BCUT2D eigenvalue weighted by Gasteiger charge is -2.33. The van der Waals surface area contributed by atoms with Crippen LogP contribution in [-0.4, -0.2) is 46.1 Å². The van der Waals surface area contributed by atoms with Crippen molar-refractivity contribution in [2.24, 2.45) is 5.92 Å². The largest absolute Gasteiger partial charge is 0.465 e. The van der Waals surface area contributed by atoms with Gasteiger partial charge in [-0.25, -0.2) is 4.79 Å². The molecule has 0 bridgehead atoms. The number of nitro groups is 1. The fourth-order valence-corrected chi connectivity index (χ4v) is 2.96. The zero-order valence-corrected chi connectivity index (χ0v) is 13.7. The maximum atomic E-state index is 12.4. The van der Waals surface area contributed by atoms with E-state index in [1.54, 1.807) is 13.0 Å². The minimum atomic E-state index is -0.919. The molecule has 0 aromatic heterocycles. The first-order valence-electron chi connectivity index (χ1n) is 7.83. The molecular formula is C16H21N3O5. The summed E-state index contributed by atoms with van der Waals surface area (Å²) in [5.74, 6) is -0.159. The van der Waals surface area contributed by atoms with Crippen molar-refractivity contribution in [1.82, 2.24) is 10.2 Å². The zero-order chi connectivity index (χ0) is 17.9. The average Bonchev–Trinajstić information content (AvgIpc) is 2.54. The normalized spacial score (nSPS) is 16.5. The molecule has 0 aliphatic carbocycles. The smallest absolute Gasteiger partial charge is 0.407 e. The molecular weight excluding hydrogens is 314 g/mol. The number of piperidine rings is 1. The topological polar surface area (TPSA) is 113 Å². The van der Waals surface area contributed by atoms with E-state index in [1.807, 2.05) is 6.92 Å². The summed E-state index contributed by atoms with van der Waals surface area (Å²) in [4.78, 5) is 35.1. The molecule has 1 aromatic carbocycles. The van der Waals surface area contributed by atoms with Crippen molar-refractivity contribution >= 4 is 17.7 Å². The molecule has 130 valence electrons. The monoisotopic (exact) mass is 335 g/mol. The van der Waals surface area contributed by atoms with Crippen LogP contribution in [0.25, 0.3) is 0 Å². The summed E-state index contributed by atoms with van der Waals surface area (Å²) in [6.45, 7) is 4.52. The number of nitrogens with one attached hydrogen (secondary N) is 1. The van der Waals surface area contributed by atoms with Crippen molar-refractivity contribution in [3.8, 4) is 0 Å². The Labute approximate surface area is 139 Å². The van der Waals surface area contributed by atoms with Crippen molar-refractivity contribution in [1.29, 1.82) is 0 Å². The number of nitro benzene ring substituents is 1. The van der Waals surface area contributed by atoms with Crippen molar-refractivity contribution in [2.75, 3.05) is 13.1 Å². The standard InChI is InChI=1S/C16H21N3O5/c1-10-3-4-13(19(23)24)9-14(10)15(20)17-11(2)12-5-7-18(8-6-12)16(21)22/h3-4,9,11-12H,5-8H2,1-2H3,(H,17,20)(H,21,22). The Morgan fingerprint density at radius 2 is 2.00 bits per heavy atom. The highest BCUT2D eigenvalue weighted by Crippen LogP contribution is 2.22. The third-order valence-corrected chi connectivity index (χ3v) is 4.55. The summed E-state index contributed by atoms with van der Waals surface area (Å²) in [5, 5.41) is 22.7. The molecule has 1 atom stereocenters. The second kappa shape index (κ2) is 7.29. The van der Waals surface area contributed by atoms with Gasteiger partial charge >= 0.3 is 6.09 Å². The quantitative estimate of drug-likeness (QED) is 0.648. The van der Waals surface area contributed by atoms with E-state index in [1.165, 1.54) is 17.0 Å². The lowest BCUT2D eigenvalue weighted by molar-refractivity contribution is -0.384. The van der Waals surface area contributed by atoms with E-state index in [4.69, 9.17) is 5.11 Å². The van der Waals surface area contributed by atoms with E-state index in [0.29, 0.717) is 37.1 Å². The van der Waals surface area contributed by atoms with Crippen molar-refractivity contribution in [2.45, 2.75) is 32.7 Å². The van der Waals surface area contributed by atoms with Gasteiger partial charge in [-0.3, -0.25) is 14.9 Å². The number of hydrogen-bond donors (Lipinski definition) is 2. The number of carbonyl (C=O) groups is 2. The first kappa shape index (κ1) is 17.7. The molecule has 24 heavy (non-hydrogen) atoms. The fourth-order valence-electron chi connectivity index (χ4n) is 2.96. The van der Waals surface area contributed by atoms with Crippen LogP contribution in [0.3, 0.4) is 0 Å². The number of benzene rings is 1. The fraction of sp³-hybridized carbons (Fsp3) is 0.500. The van der Waals surface area contributed by atoms with Gasteiger partial charge in [0.05, 0.1) is 4.92 Å². The number of carboxylic acid groups (broad SMARTS) is 1. The van der Waals surface area contributed by atoms with Crippen LogP contribution in [0.1, 0.15) is 35.7 Å². The molecule has 2 amide bonds. The highest BCUT2D eigenvalue weighted by atomic mass is 16.6. The molecule has 1 unspecified atom stereocenters. The predicted octanol–water partition coefficient (Wildman–Crippen LogP) is 2.41. The van der Waals surface area contributed by atoms with Gasteiger partial charge in [0.1, 0.15) is 0 Å². The van der Waals surface area contributed by atoms with Gasteiger partial charge in [0, 0.05) is 36.8 Å². The average molecular weight is 335 g/mol. The lowest BCUT2D eigenvalue weighted by atomic mass is 9.90. The number of likely N-dealkylation sites (tertiary alicyclic amines) is 1. The molecule has 8 nitrogen and oxygen atoms in total. The molecule has 8 heteroatoms. The first-order chi connectivity index (χ1) is 11.3. The van der Waals surface area contributed by atoms with Gasteiger partial charge in [-0.15, -0.1) is 0 Å². The van der Waals surface area contributed by atoms with E-state index in [9.17, 15) is 19.7 Å². The number of carbonyl (C=O) groups excluding carboxylic acids is 1. The maximum absolute atomic E-state index is 12.4. The number of aryl methyl sites for hydroxylation is 1. The Kier molecular flexibility index (Phi) is 5.38. The Bertz CT molecular complexity index is 653. The summed E-state index contributed by atoms with van der Waals surface area (Å²) in [6.07, 6.45) is 0.445. The van der Waals surface area contributed by atoms with Crippen LogP contribution in [0.2, 0.25) is 0 Å². The van der Waals surface area contributed by atoms with Crippen LogP contribution in [0.5, 0.6) is 0 Å². The van der Waals surface area contributed by atoms with Crippen LogP contribution in [0, 0.1) is 23.0 Å². The van der Waals surface area contributed by atoms with Crippen molar-refractivity contribution in [3.05, 3.63) is 39.4 Å². The van der Waals surface area contributed by atoms with Gasteiger partial charge in [-0.05, 0) is 38.2 Å². The summed E-state index contributed by atoms with van der Waals surface area (Å²) in [7, 11) is 0.